The van der Waals surface area contributed by atoms with Crippen LogP contribution in [0.15, 0.2) is 0 Å². The molecule has 0 aliphatic carbocycles. The number of nitriles is 1. The van der Waals surface area contributed by atoms with Gasteiger partial charge in [-0.1, -0.05) is 20.8 Å². The Kier molecular flexibility index (Phi) is 3.03. The molecule has 2 aliphatic rings. The van der Waals surface area contributed by atoms with Crippen molar-refractivity contribution in [1.82, 2.24) is 9.80 Å². The lowest BCUT2D eigenvalue weighted by atomic mass is 9.79. The highest BCUT2D eigenvalue weighted by atomic mass is 16.2. The Morgan fingerprint density at radius 1 is 1.41 bits per heavy atom. The molecule has 17 heavy (non-hydrogen) atoms. The molecule has 0 bridgehead atoms. The van der Waals surface area contributed by atoms with E-state index in [-0.39, 0.29) is 17.4 Å². The van der Waals surface area contributed by atoms with Crippen molar-refractivity contribution in [1.29, 1.82) is 5.26 Å². The van der Waals surface area contributed by atoms with Gasteiger partial charge in [0.25, 0.3) is 0 Å². The van der Waals surface area contributed by atoms with Crippen molar-refractivity contribution in [2.75, 3.05) is 26.2 Å². The van der Waals surface area contributed by atoms with Gasteiger partial charge in [-0.25, -0.2) is 4.79 Å². The van der Waals surface area contributed by atoms with Crippen LogP contribution in [-0.4, -0.2) is 42.0 Å². The number of hydrogen-bond acceptors (Lipinski definition) is 2. The molecular formula is C13H21N3O. The second-order valence-corrected chi connectivity index (χ2v) is 5.99. The summed E-state index contributed by atoms with van der Waals surface area (Å²) in [6.45, 7) is 9.67. The number of hydrogen-bond donors (Lipinski definition) is 0. The van der Waals surface area contributed by atoms with E-state index in [1.165, 1.54) is 0 Å². The first kappa shape index (κ1) is 12.2. The molecule has 0 unspecified atom stereocenters. The van der Waals surface area contributed by atoms with E-state index in [9.17, 15) is 4.79 Å². The Labute approximate surface area is 103 Å². The Bertz CT molecular complexity index is 354. The number of urea groups is 1. The fourth-order valence-electron chi connectivity index (χ4n) is 2.54. The maximum absolute atomic E-state index is 12.1. The van der Waals surface area contributed by atoms with Crippen LogP contribution in [0.3, 0.4) is 0 Å². The zero-order valence-electron chi connectivity index (χ0n) is 10.9. The van der Waals surface area contributed by atoms with Crippen LogP contribution in [0.1, 0.15) is 27.2 Å². The third kappa shape index (κ3) is 2.11. The molecule has 0 spiro atoms. The third-order valence-electron chi connectivity index (χ3n) is 4.50. The molecule has 0 radical (unpaired) electrons. The second-order valence-electron chi connectivity index (χ2n) is 5.99. The van der Waals surface area contributed by atoms with E-state index in [1.807, 2.05) is 4.90 Å². The zero-order chi connectivity index (χ0) is 12.6. The summed E-state index contributed by atoms with van der Waals surface area (Å²) in [7, 11) is 0. The van der Waals surface area contributed by atoms with Gasteiger partial charge < -0.3 is 9.80 Å². The minimum Gasteiger partial charge on any atom is -0.324 e. The topological polar surface area (TPSA) is 47.3 Å². The Morgan fingerprint density at radius 2 is 2.06 bits per heavy atom. The van der Waals surface area contributed by atoms with Gasteiger partial charge in [-0.2, -0.15) is 5.26 Å². The molecule has 4 nitrogen and oxygen atoms in total. The van der Waals surface area contributed by atoms with Crippen molar-refractivity contribution in [2.45, 2.75) is 27.2 Å². The molecule has 2 fully saturated rings. The Balaban J connectivity index is 1.90. The zero-order valence-corrected chi connectivity index (χ0v) is 10.9. The number of likely N-dealkylation sites (tertiary alicyclic amines) is 2. The van der Waals surface area contributed by atoms with E-state index in [4.69, 9.17) is 5.26 Å². The summed E-state index contributed by atoms with van der Waals surface area (Å²) in [5.41, 5.74) is 0.259. The van der Waals surface area contributed by atoms with Crippen molar-refractivity contribution in [3.63, 3.8) is 0 Å². The van der Waals surface area contributed by atoms with Crippen LogP contribution in [0, 0.1) is 28.6 Å². The van der Waals surface area contributed by atoms with Crippen LogP contribution in [0.5, 0.6) is 0 Å². The molecule has 94 valence electrons. The Hall–Kier alpha value is -1.24. The van der Waals surface area contributed by atoms with E-state index in [0.29, 0.717) is 19.0 Å². The van der Waals surface area contributed by atoms with Gasteiger partial charge in [0.05, 0.1) is 12.0 Å². The first-order chi connectivity index (χ1) is 7.96. The predicted octanol–water partition coefficient (Wildman–Crippen LogP) is 1.93. The maximum atomic E-state index is 12.1. The van der Waals surface area contributed by atoms with E-state index in [1.54, 1.807) is 4.90 Å². The third-order valence-corrected chi connectivity index (χ3v) is 4.50. The highest BCUT2D eigenvalue weighted by Gasteiger charge is 2.41. The maximum Gasteiger partial charge on any atom is 0.320 e. The quantitative estimate of drug-likeness (QED) is 0.697. The lowest BCUT2D eigenvalue weighted by Gasteiger charge is -2.38. The highest BCUT2D eigenvalue weighted by molar-refractivity contribution is 5.75. The van der Waals surface area contributed by atoms with Gasteiger partial charge in [0.15, 0.2) is 0 Å². The standard InChI is InChI=1S/C13H21N3O/c1-10(2)13(3)4-5-15(9-13)12(17)16-7-11(6-14)8-16/h10-11H,4-5,7-9H2,1-3H3/t13-/m1/s1. The van der Waals surface area contributed by atoms with Gasteiger partial charge in [-0.05, 0) is 17.8 Å². The smallest absolute Gasteiger partial charge is 0.320 e. The van der Waals surface area contributed by atoms with Crippen molar-refractivity contribution in [3.8, 4) is 6.07 Å². The van der Waals surface area contributed by atoms with Gasteiger partial charge in [0, 0.05) is 26.2 Å². The van der Waals surface area contributed by atoms with Crippen molar-refractivity contribution in [3.05, 3.63) is 0 Å². The van der Waals surface area contributed by atoms with Crippen molar-refractivity contribution in [2.24, 2.45) is 17.3 Å². The fraction of sp³-hybridized carbons (Fsp3) is 0.846. The largest absolute Gasteiger partial charge is 0.324 e. The average molecular weight is 235 g/mol. The van der Waals surface area contributed by atoms with Gasteiger partial charge in [0.1, 0.15) is 0 Å². The Morgan fingerprint density at radius 3 is 2.53 bits per heavy atom. The second kappa shape index (κ2) is 4.21. The number of nitrogens with zero attached hydrogens (tertiary/aromatic N) is 3. The molecule has 0 saturated carbocycles. The minimum atomic E-state index is 0.0537. The van der Waals surface area contributed by atoms with E-state index in [2.05, 4.69) is 26.8 Å². The molecule has 2 saturated heterocycles. The summed E-state index contributed by atoms with van der Waals surface area (Å²) in [6, 6.07) is 2.32. The summed E-state index contributed by atoms with van der Waals surface area (Å²) in [5.74, 6) is 0.654. The first-order valence-electron chi connectivity index (χ1n) is 6.40. The van der Waals surface area contributed by atoms with Crippen molar-refractivity contribution >= 4 is 6.03 Å². The van der Waals surface area contributed by atoms with Crippen LogP contribution in [-0.2, 0) is 0 Å². The van der Waals surface area contributed by atoms with Crippen LogP contribution in [0.2, 0.25) is 0 Å². The minimum absolute atomic E-state index is 0.0537. The molecule has 1 atom stereocenters. The summed E-state index contributed by atoms with van der Waals surface area (Å²) in [5, 5.41) is 8.71. The summed E-state index contributed by atoms with van der Waals surface area (Å²) < 4.78 is 0. The van der Waals surface area contributed by atoms with Gasteiger partial charge in [-0.15, -0.1) is 0 Å². The molecule has 2 amide bonds. The number of rotatable bonds is 1. The van der Waals surface area contributed by atoms with E-state index >= 15 is 0 Å². The molecule has 0 aromatic carbocycles. The van der Waals surface area contributed by atoms with Gasteiger partial charge >= 0.3 is 6.03 Å². The molecule has 2 aliphatic heterocycles. The van der Waals surface area contributed by atoms with E-state index in [0.717, 1.165) is 19.5 Å². The highest BCUT2D eigenvalue weighted by Crippen LogP contribution is 2.37. The van der Waals surface area contributed by atoms with Gasteiger partial charge in [-0.3, -0.25) is 0 Å². The summed E-state index contributed by atoms with van der Waals surface area (Å²) in [4.78, 5) is 15.9. The molecule has 4 heteroatoms. The predicted molar refractivity (Wildman–Crippen MR) is 65.2 cm³/mol. The summed E-state index contributed by atoms with van der Waals surface area (Å²) >= 11 is 0. The lowest BCUT2D eigenvalue weighted by molar-refractivity contribution is 0.109. The van der Waals surface area contributed by atoms with Crippen LogP contribution < -0.4 is 0 Å². The lowest BCUT2D eigenvalue weighted by Crippen LogP contribution is -2.54. The number of carbonyl (C=O) groups excluding carboxylic acids is 1. The van der Waals surface area contributed by atoms with E-state index < -0.39 is 0 Å². The molecule has 0 N–H and O–H groups in total. The number of carbonyl (C=O) groups is 1. The molecule has 2 rings (SSSR count). The first-order valence-corrected chi connectivity index (χ1v) is 6.40. The molecular weight excluding hydrogens is 214 g/mol. The van der Waals surface area contributed by atoms with Gasteiger partial charge in [0.2, 0.25) is 0 Å². The van der Waals surface area contributed by atoms with Crippen LogP contribution in [0.4, 0.5) is 4.79 Å². The summed E-state index contributed by atoms with van der Waals surface area (Å²) in [6.07, 6.45) is 1.09. The van der Waals surface area contributed by atoms with Crippen molar-refractivity contribution < 1.29 is 4.79 Å². The molecule has 0 aromatic heterocycles. The number of amides is 2. The average Bonchev–Trinajstić information content (AvgIpc) is 2.60. The normalized spacial score (nSPS) is 29.4. The SMILES string of the molecule is CC(C)[C@]1(C)CCN(C(=O)N2CC(C#N)C2)C1. The monoisotopic (exact) mass is 235 g/mol. The van der Waals surface area contributed by atoms with Crippen LogP contribution in [0.25, 0.3) is 0 Å². The van der Waals surface area contributed by atoms with Crippen LogP contribution >= 0.6 is 0 Å². The fourth-order valence-corrected chi connectivity index (χ4v) is 2.54. The molecule has 0 aromatic rings. The molecule has 2 heterocycles.